The Balaban J connectivity index is 2.34. The molecule has 20 heavy (non-hydrogen) atoms. The summed E-state index contributed by atoms with van der Waals surface area (Å²) in [7, 11) is 0. The second-order valence-corrected chi connectivity index (χ2v) is 5.04. The number of carbonyl (C=O) groups is 1. The highest BCUT2D eigenvalue weighted by molar-refractivity contribution is 6.31. The Morgan fingerprint density at radius 1 is 1.35 bits per heavy atom. The number of aromatic carboxylic acids is 1. The highest BCUT2D eigenvalue weighted by Crippen LogP contribution is 2.32. The van der Waals surface area contributed by atoms with Gasteiger partial charge < -0.3 is 9.63 Å². The van der Waals surface area contributed by atoms with Gasteiger partial charge in [-0.1, -0.05) is 42.7 Å². The number of carboxylic acids is 1. The number of nitrogens with zero attached hydrogens (tertiary/aromatic N) is 1. The van der Waals surface area contributed by atoms with Gasteiger partial charge in [-0.15, -0.1) is 0 Å². The molecular weight excluding hydrogens is 278 g/mol. The van der Waals surface area contributed by atoms with E-state index in [9.17, 15) is 4.79 Å². The van der Waals surface area contributed by atoms with Crippen LogP contribution in [0.3, 0.4) is 0 Å². The molecule has 0 saturated carbocycles. The van der Waals surface area contributed by atoms with Crippen LogP contribution in [0.2, 0.25) is 5.02 Å². The van der Waals surface area contributed by atoms with Crippen LogP contribution >= 0.6 is 11.6 Å². The average molecular weight is 294 g/mol. The molecule has 0 unspecified atom stereocenters. The van der Waals surface area contributed by atoms with E-state index in [0.29, 0.717) is 16.6 Å². The fraction of sp³-hybridized carbons (Fsp3) is 0.333. The molecule has 2 rings (SSSR count). The van der Waals surface area contributed by atoms with Crippen molar-refractivity contribution in [2.75, 3.05) is 0 Å². The van der Waals surface area contributed by atoms with Crippen molar-refractivity contribution in [1.29, 1.82) is 0 Å². The molecule has 0 saturated heterocycles. The van der Waals surface area contributed by atoms with Gasteiger partial charge in [0, 0.05) is 16.7 Å². The van der Waals surface area contributed by atoms with Crippen molar-refractivity contribution in [1.82, 2.24) is 5.16 Å². The van der Waals surface area contributed by atoms with Crippen LogP contribution in [-0.4, -0.2) is 16.2 Å². The Kier molecular flexibility index (Phi) is 4.45. The molecule has 4 nitrogen and oxygen atoms in total. The first-order chi connectivity index (χ1) is 9.56. The van der Waals surface area contributed by atoms with Gasteiger partial charge in [0.15, 0.2) is 0 Å². The van der Waals surface area contributed by atoms with E-state index in [4.69, 9.17) is 21.2 Å². The zero-order valence-corrected chi connectivity index (χ0v) is 12.1. The Morgan fingerprint density at radius 3 is 2.55 bits per heavy atom. The lowest BCUT2D eigenvalue weighted by atomic mass is 9.93. The topological polar surface area (TPSA) is 63.3 Å². The monoisotopic (exact) mass is 293 g/mol. The second kappa shape index (κ2) is 6.09. The van der Waals surface area contributed by atoms with E-state index < -0.39 is 5.97 Å². The fourth-order valence-corrected chi connectivity index (χ4v) is 2.59. The van der Waals surface area contributed by atoms with Gasteiger partial charge in [-0.25, -0.2) is 4.79 Å². The summed E-state index contributed by atoms with van der Waals surface area (Å²) in [4.78, 5) is 10.8. The van der Waals surface area contributed by atoms with E-state index in [1.165, 1.54) is 6.07 Å². The van der Waals surface area contributed by atoms with Gasteiger partial charge in [0.1, 0.15) is 5.69 Å². The van der Waals surface area contributed by atoms with E-state index >= 15 is 0 Å². The summed E-state index contributed by atoms with van der Waals surface area (Å²) in [6.07, 6.45) is 2.06. The maximum Gasteiger partial charge on any atom is 0.374 e. The number of carboxylic acid groups (broad SMARTS) is 1. The predicted molar refractivity (Wildman–Crippen MR) is 77.2 cm³/mol. The molecule has 1 aromatic carbocycles. The quantitative estimate of drug-likeness (QED) is 0.875. The number of aromatic nitrogens is 1. The third kappa shape index (κ3) is 2.85. The van der Waals surface area contributed by atoms with Gasteiger partial charge in [-0.3, -0.25) is 0 Å². The highest BCUT2D eigenvalue weighted by atomic mass is 35.5. The Hall–Kier alpha value is -1.81. The number of benzene rings is 1. The smallest absolute Gasteiger partial charge is 0.374 e. The molecule has 0 radical (unpaired) electrons. The summed E-state index contributed by atoms with van der Waals surface area (Å²) >= 11 is 6.33. The van der Waals surface area contributed by atoms with Crippen LogP contribution in [0.25, 0.3) is 11.3 Å². The van der Waals surface area contributed by atoms with Crippen molar-refractivity contribution in [3.63, 3.8) is 0 Å². The number of rotatable bonds is 5. The molecule has 0 amide bonds. The van der Waals surface area contributed by atoms with Gasteiger partial charge in [-0.05, 0) is 30.4 Å². The van der Waals surface area contributed by atoms with Crippen molar-refractivity contribution in [2.45, 2.75) is 32.6 Å². The van der Waals surface area contributed by atoms with Crippen molar-refractivity contribution < 1.29 is 14.4 Å². The second-order valence-electron chi connectivity index (χ2n) is 4.63. The van der Waals surface area contributed by atoms with E-state index in [0.717, 1.165) is 24.0 Å². The Bertz CT molecular complexity index is 617. The molecular formula is C15H16ClNO3. The molecule has 5 heteroatoms. The fourth-order valence-electron chi connectivity index (χ4n) is 2.26. The van der Waals surface area contributed by atoms with Gasteiger partial charge in [0.05, 0.1) is 0 Å². The maximum atomic E-state index is 10.8. The van der Waals surface area contributed by atoms with Crippen LogP contribution in [0, 0.1) is 0 Å². The van der Waals surface area contributed by atoms with E-state index in [-0.39, 0.29) is 5.76 Å². The molecule has 2 aromatic rings. The molecule has 0 aliphatic heterocycles. The molecule has 0 bridgehead atoms. The van der Waals surface area contributed by atoms with Crippen molar-refractivity contribution in [2.24, 2.45) is 0 Å². The predicted octanol–water partition coefficient (Wildman–Crippen LogP) is 4.60. The van der Waals surface area contributed by atoms with Crippen LogP contribution in [0.4, 0.5) is 0 Å². The molecule has 1 aromatic heterocycles. The molecule has 1 N–H and O–H groups in total. The molecule has 106 valence electrons. The maximum absolute atomic E-state index is 10.8. The Labute approximate surface area is 122 Å². The van der Waals surface area contributed by atoms with Gasteiger partial charge >= 0.3 is 5.97 Å². The lowest BCUT2D eigenvalue weighted by Crippen LogP contribution is -1.96. The summed E-state index contributed by atoms with van der Waals surface area (Å²) in [6, 6.07) is 7.07. The first-order valence-electron chi connectivity index (χ1n) is 6.56. The third-order valence-electron chi connectivity index (χ3n) is 3.44. The third-order valence-corrected chi connectivity index (χ3v) is 3.77. The lowest BCUT2D eigenvalue weighted by molar-refractivity contribution is 0.0652. The molecule has 0 atom stereocenters. The van der Waals surface area contributed by atoms with E-state index in [2.05, 4.69) is 19.0 Å². The number of hydrogen-bond acceptors (Lipinski definition) is 3. The highest BCUT2D eigenvalue weighted by Gasteiger charge is 2.15. The van der Waals surface area contributed by atoms with E-state index in [1.807, 2.05) is 12.1 Å². The average Bonchev–Trinajstić information content (AvgIpc) is 2.91. The minimum Gasteiger partial charge on any atom is -0.475 e. The molecule has 0 spiro atoms. The summed E-state index contributed by atoms with van der Waals surface area (Å²) < 4.78 is 4.75. The summed E-state index contributed by atoms with van der Waals surface area (Å²) in [6.45, 7) is 4.27. The minimum absolute atomic E-state index is 0.180. The lowest BCUT2D eigenvalue weighted by Gasteiger charge is -2.15. The standard InChI is InChI=1S/C15H16ClNO3/c1-3-9(4-2)11-6-5-10(7-12(11)16)13-8-14(15(18)19)20-17-13/h5-9H,3-4H2,1-2H3,(H,18,19). The van der Waals surface area contributed by atoms with Crippen molar-refractivity contribution in [3.05, 3.63) is 40.6 Å². The zero-order chi connectivity index (χ0) is 14.7. The first-order valence-corrected chi connectivity index (χ1v) is 6.94. The molecule has 0 aliphatic carbocycles. The zero-order valence-electron chi connectivity index (χ0n) is 11.4. The minimum atomic E-state index is -1.14. The van der Waals surface area contributed by atoms with Gasteiger partial charge in [0.25, 0.3) is 0 Å². The van der Waals surface area contributed by atoms with Crippen LogP contribution < -0.4 is 0 Å². The SMILES string of the molecule is CCC(CC)c1ccc(-c2cc(C(=O)O)on2)cc1Cl. The first kappa shape index (κ1) is 14.6. The van der Waals surface area contributed by atoms with Crippen LogP contribution in [0.1, 0.15) is 48.7 Å². The van der Waals surface area contributed by atoms with Crippen LogP contribution in [0.15, 0.2) is 28.8 Å². The van der Waals surface area contributed by atoms with Crippen molar-refractivity contribution in [3.8, 4) is 11.3 Å². The summed E-state index contributed by atoms with van der Waals surface area (Å²) in [5.41, 5.74) is 2.34. The summed E-state index contributed by atoms with van der Waals surface area (Å²) in [5.74, 6) is -0.882. The van der Waals surface area contributed by atoms with Crippen LogP contribution in [0.5, 0.6) is 0 Å². The molecule has 0 fully saturated rings. The van der Waals surface area contributed by atoms with Crippen molar-refractivity contribution >= 4 is 17.6 Å². The summed E-state index contributed by atoms with van der Waals surface area (Å²) in [5, 5.41) is 13.2. The largest absolute Gasteiger partial charge is 0.475 e. The van der Waals surface area contributed by atoms with Gasteiger partial charge in [-0.2, -0.15) is 0 Å². The van der Waals surface area contributed by atoms with E-state index in [1.54, 1.807) is 6.07 Å². The Morgan fingerprint density at radius 2 is 2.05 bits per heavy atom. The molecule has 1 heterocycles. The van der Waals surface area contributed by atoms with Crippen LogP contribution in [-0.2, 0) is 0 Å². The number of hydrogen-bond donors (Lipinski definition) is 1. The number of halogens is 1. The normalized spacial score (nSPS) is 11.0. The molecule has 0 aliphatic rings. The van der Waals surface area contributed by atoms with Gasteiger partial charge in [0.2, 0.25) is 5.76 Å².